The van der Waals surface area contributed by atoms with E-state index in [4.69, 9.17) is 0 Å². The Balaban J connectivity index is 2.86. The molecule has 0 unspecified atom stereocenters. The number of allylic oxidation sites excluding steroid dienone is 2. The molecule has 0 atom stereocenters. The van der Waals surface area contributed by atoms with Gasteiger partial charge in [-0.05, 0) is 13.8 Å². The molecule has 0 fully saturated rings. The van der Waals surface area contributed by atoms with Gasteiger partial charge in [0.05, 0.1) is 0 Å². The van der Waals surface area contributed by atoms with Crippen LogP contribution in [0.1, 0.15) is 20.3 Å². The van der Waals surface area contributed by atoms with E-state index in [0.717, 1.165) is 11.4 Å². The summed E-state index contributed by atoms with van der Waals surface area (Å²) in [6, 6.07) is 0. The molecule has 0 amide bonds. The van der Waals surface area contributed by atoms with Gasteiger partial charge in [0.25, 0.3) is 0 Å². The molecular formula is C7H9NO. The fraction of sp³-hybridized carbons (Fsp3) is 0.429. The quantitative estimate of drug-likeness (QED) is 0.477. The molecule has 0 N–H and O–H groups in total. The number of hydrogen-bond acceptors (Lipinski definition) is 2. The number of ketones is 1. The van der Waals surface area contributed by atoms with E-state index in [0.29, 0.717) is 6.42 Å². The number of carbonyl (C=O) groups is 1. The third kappa shape index (κ3) is 1.49. The molecule has 0 aromatic heterocycles. The highest BCUT2D eigenvalue weighted by atomic mass is 16.1. The van der Waals surface area contributed by atoms with Crippen molar-refractivity contribution in [2.75, 3.05) is 0 Å². The van der Waals surface area contributed by atoms with Gasteiger partial charge in [-0.3, -0.25) is 9.79 Å². The molecule has 0 saturated carbocycles. The summed E-state index contributed by atoms with van der Waals surface area (Å²) in [5.74, 6) is 0.167. The summed E-state index contributed by atoms with van der Waals surface area (Å²) in [5.41, 5.74) is 1.74. The number of hydrogen-bond donors (Lipinski definition) is 0. The number of nitrogens with zero attached hydrogens (tertiary/aromatic N) is 1. The number of aliphatic imine (C=N–C) groups is 1. The molecule has 1 rings (SSSR count). The molecule has 0 radical (unpaired) electrons. The number of rotatable bonds is 0. The lowest BCUT2D eigenvalue weighted by Crippen LogP contribution is -2.06. The van der Waals surface area contributed by atoms with Gasteiger partial charge >= 0.3 is 0 Å². The van der Waals surface area contributed by atoms with Crippen LogP contribution < -0.4 is 0 Å². The maximum atomic E-state index is 10.7. The van der Waals surface area contributed by atoms with E-state index >= 15 is 0 Å². The van der Waals surface area contributed by atoms with E-state index < -0.39 is 0 Å². The predicted molar refractivity (Wildman–Crippen MR) is 36.5 cm³/mol. The Hall–Kier alpha value is -0.920. The Morgan fingerprint density at radius 3 is 2.67 bits per heavy atom. The molecule has 2 nitrogen and oxygen atoms in total. The smallest absolute Gasteiger partial charge is 0.163 e. The first-order chi connectivity index (χ1) is 4.18. The van der Waals surface area contributed by atoms with Crippen molar-refractivity contribution < 1.29 is 4.79 Å². The molecule has 0 saturated heterocycles. The first kappa shape index (κ1) is 6.20. The lowest BCUT2D eigenvalue weighted by Gasteiger charge is -2.03. The SMILES string of the molecule is CC1=CC(=O)CC(C)=N1. The van der Waals surface area contributed by atoms with Crippen molar-refractivity contribution in [1.82, 2.24) is 0 Å². The Bertz CT molecular complexity index is 201. The summed E-state index contributed by atoms with van der Waals surface area (Å²) in [6.07, 6.45) is 2.07. The second-order valence-electron chi connectivity index (χ2n) is 2.28. The van der Waals surface area contributed by atoms with Crippen LogP contribution in [0.15, 0.2) is 16.8 Å². The second kappa shape index (κ2) is 2.13. The molecule has 0 bridgehead atoms. The highest BCUT2D eigenvalue weighted by Gasteiger charge is 2.05. The van der Waals surface area contributed by atoms with Crippen LogP contribution in [0, 0.1) is 0 Å². The largest absolute Gasteiger partial charge is 0.294 e. The molecule has 9 heavy (non-hydrogen) atoms. The van der Waals surface area contributed by atoms with Gasteiger partial charge in [-0.25, -0.2) is 0 Å². The predicted octanol–water partition coefficient (Wildman–Crippen LogP) is 1.32. The van der Waals surface area contributed by atoms with Gasteiger partial charge < -0.3 is 0 Å². The van der Waals surface area contributed by atoms with Gasteiger partial charge in [-0.15, -0.1) is 0 Å². The molecule has 1 aliphatic rings. The van der Waals surface area contributed by atoms with E-state index in [1.807, 2.05) is 13.8 Å². The normalized spacial score (nSPS) is 19.1. The summed E-state index contributed by atoms with van der Waals surface area (Å²) in [4.78, 5) is 14.8. The first-order valence-electron chi connectivity index (χ1n) is 2.94. The first-order valence-corrected chi connectivity index (χ1v) is 2.94. The van der Waals surface area contributed by atoms with Gasteiger partial charge in [0, 0.05) is 23.9 Å². The average Bonchev–Trinajstić information content (AvgIpc) is 1.59. The summed E-state index contributed by atoms with van der Waals surface area (Å²) < 4.78 is 0. The molecule has 0 aromatic rings. The lowest BCUT2D eigenvalue weighted by atomic mass is 10.1. The molecule has 1 heterocycles. The monoisotopic (exact) mass is 123 g/mol. The molecule has 48 valence electrons. The minimum atomic E-state index is 0.167. The van der Waals surface area contributed by atoms with E-state index in [9.17, 15) is 4.79 Å². The van der Waals surface area contributed by atoms with Crippen molar-refractivity contribution in [2.45, 2.75) is 20.3 Å². The standard InChI is InChI=1S/C7H9NO/c1-5-3-7(9)4-6(2)8-5/h3H,4H2,1-2H3. The van der Waals surface area contributed by atoms with Crippen molar-refractivity contribution >= 4 is 11.5 Å². The van der Waals surface area contributed by atoms with Crippen molar-refractivity contribution in [3.05, 3.63) is 11.8 Å². The highest BCUT2D eigenvalue weighted by Crippen LogP contribution is 2.05. The van der Waals surface area contributed by atoms with E-state index in [1.165, 1.54) is 0 Å². The van der Waals surface area contributed by atoms with Crippen LogP contribution in [0.4, 0.5) is 0 Å². The molecular weight excluding hydrogens is 114 g/mol. The van der Waals surface area contributed by atoms with E-state index in [2.05, 4.69) is 4.99 Å². The maximum Gasteiger partial charge on any atom is 0.163 e. The number of carbonyl (C=O) groups excluding carboxylic acids is 1. The lowest BCUT2D eigenvalue weighted by molar-refractivity contribution is -0.113. The zero-order valence-corrected chi connectivity index (χ0v) is 5.64. The van der Waals surface area contributed by atoms with Crippen LogP contribution in [-0.2, 0) is 4.79 Å². The zero-order chi connectivity index (χ0) is 6.85. The summed E-state index contributed by atoms with van der Waals surface area (Å²) in [5, 5.41) is 0. The van der Waals surface area contributed by atoms with Gasteiger partial charge in [-0.2, -0.15) is 0 Å². The van der Waals surface area contributed by atoms with E-state index in [-0.39, 0.29) is 5.78 Å². The topological polar surface area (TPSA) is 29.4 Å². The fourth-order valence-electron chi connectivity index (χ4n) is 0.909. The third-order valence-electron chi connectivity index (χ3n) is 1.17. The molecule has 0 spiro atoms. The van der Waals surface area contributed by atoms with E-state index in [1.54, 1.807) is 6.08 Å². The van der Waals surface area contributed by atoms with Crippen molar-refractivity contribution in [3.8, 4) is 0 Å². The molecule has 0 aliphatic carbocycles. The van der Waals surface area contributed by atoms with Gasteiger partial charge in [0.1, 0.15) is 0 Å². The maximum absolute atomic E-state index is 10.7. The minimum absolute atomic E-state index is 0.167. The molecule has 2 heteroatoms. The summed E-state index contributed by atoms with van der Waals surface area (Å²) >= 11 is 0. The van der Waals surface area contributed by atoms with Gasteiger partial charge in [0.2, 0.25) is 0 Å². The minimum Gasteiger partial charge on any atom is -0.294 e. The van der Waals surface area contributed by atoms with Crippen molar-refractivity contribution in [1.29, 1.82) is 0 Å². The summed E-state index contributed by atoms with van der Waals surface area (Å²) in [7, 11) is 0. The Morgan fingerprint density at radius 2 is 2.22 bits per heavy atom. The molecule has 1 aliphatic heterocycles. The van der Waals surface area contributed by atoms with Crippen LogP contribution in [0.25, 0.3) is 0 Å². The second-order valence-corrected chi connectivity index (χ2v) is 2.28. The molecule has 0 aromatic carbocycles. The van der Waals surface area contributed by atoms with Crippen LogP contribution in [0.5, 0.6) is 0 Å². The van der Waals surface area contributed by atoms with Crippen LogP contribution in [0.3, 0.4) is 0 Å². The van der Waals surface area contributed by atoms with Crippen LogP contribution >= 0.6 is 0 Å². The van der Waals surface area contributed by atoms with Crippen molar-refractivity contribution in [2.24, 2.45) is 4.99 Å². The van der Waals surface area contributed by atoms with Crippen LogP contribution in [0.2, 0.25) is 0 Å². The zero-order valence-electron chi connectivity index (χ0n) is 5.64. The third-order valence-corrected chi connectivity index (χ3v) is 1.17. The average molecular weight is 123 g/mol. The Labute approximate surface area is 54.3 Å². The fourth-order valence-corrected chi connectivity index (χ4v) is 0.909. The summed E-state index contributed by atoms with van der Waals surface area (Å²) in [6.45, 7) is 3.70. The van der Waals surface area contributed by atoms with Gasteiger partial charge in [-0.1, -0.05) is 0 Å². The van der Waals surface area contributed by atoms with Crippen LogP contribution in [-0.4, -0.2) is 11.5 Å². The van der Waals surface area contributed by atoms with Crippen molar-refractivity contribution in [3.63, 3.8) is 0 Å². The van der Waals surface area contributed by atoms with Gasteiger partial charge in [0.15, 0.2) is 5.78 Å². The Kier molecular flexibility index (Phi) is 1.47. The highest BCUT2D eigenvalue weighted by molar-refractivity contribution is 6.08. The Morgan fingerprint density at radius 1 is 1.56 bits per heavy atom.